The molecule has 0 fully saturated rings. The summed E-state index contributed by atoms with van der Waals surface area (Å²) in [5.74, 6) is 0. The highest BCUT2D eigenvalue weighted by Crippen LogP contribution is 2.24. The maximum atomic E-state index is 9.30. The molecular formula is C8H11NO2S. The monoisotopic (exact) mass is 185 g/mol. The number of rotatable bonds is 3. The van der Waals surface area contributed by atoms with Crippen LogP contribution < -0.4 is 0 Å². The highest BCUT2D eigenvalue weighted by Gasteiger charge is 2.14. The summed E-state index contributed by atoms with van der Waals surface area (Å²) in [6, 6.07) is 0. The average Bonchev–Trinajstić information content (AvgIpc) is 2.45. The van der Waals surface area contributed by atoms with Crippen LogP contribution >= 0.6 is 11.3 Å². The molecule has 0 aliphatic rings. The number of thiazole rings is 1. The summed E-state index contributed by atoms with van der Waals surface area (Å²) >= 11 is 1.46. The van der Waals surface area contributed by atoms with Crippen molar-refractivity contribution < 1.29 is 10.2 Å². The summed E-state index contributed by atoms with van der Waals surface area (Å²) in [7, 11) is 0. The van der Waals surface area contributed by atoms with Crippen LogP contribution in [0.4, 0.5) is 0 Å². The molecule has 1 unspecified atom stereocenters. The molecule has 1 atom stereocenters. The molecule has 3 nitrogen and oxygen atoms in total. The van der Waals surface area contributed by atoms with Crippen molar-refractivity contribution in [3.63, 3.8) is 0 Å². The summed E-state index contributed by atoms with van der Waals surface area (Å²) in [5, 5.41) is 18.9. The van der Waals surface area contributed by atoms with E-state index >= 15 is 0 Å². The Morgan fingerprint density at radius 2 is 2.42 bits per heavy atom. The third-order valence-electron chi connectivity index (χ3n) is 1.46. The fraction of sp³-hybridized carbons (Fsp3) is 0.375. The van der Waals surface area contributed by atoms with Gasteiger partial charge in [-0.1, -0.05) is 12.7 Å². The molecule has 0 amide bonds. The number of hydrogen-bond acceptors (Lipinski definition) is 4. The maximum absolute atomic E-state index is 9.30. The van der Waals surface area contributed by atoms with Gasteiger partial charge >= 0.3 is 0 Å². The molecule has 0 radical (unpaired) electrons. The summed E-state index contributed by atoms with van der Waals surface area (Å²) in [6.07, 6.45) is 0.752. The van der Waals surface area contributed by atoms with E-state index in [1.54, 1.807) is 6.08 Å². The van der Waals surface area contributed by atoms with E-state index in [9.17, 15) is 5.11 Å². The zero-order valence-electron chi connectivity index (χ0n) is 6.82. The van der Waals surface area contributed by atoms with E-state index in [-0.39, 0.29) is 6.61 Å². The fourth-order valence-corrected chi connectivity index (χ4v) is 1.76. The highest BCUT2D eigenvalue weighted by molar-refractivity contribution is 7.12. The van der Waals surface area contributed by atoms with Crippen LogP contribution in [0.25, 0.3) is 6.08 Å². The van der Waals surface area contributed by atoms with Gasteiger partial charge in [0.25, 0.3) is 0 Å². The first-order valence-corrected chi connectivity index (χ1v) is 4.39. The molecule has 4 heteroatoms. The number of aromatic nitrogens is 1. The number of aliphatic hydroxyl groups is 2. The molecule has 0 bridgehead atoms. The number of nitrogens with zero attached hydrogens (tertiary/aromatic N) is 1. The Bertz CT molecular complexity index is 283. The van der Waals surface area contributed by atoms with Gasteiger partial charge in [-0.05, 0) is 6.92 Å². The smallest absolute Gasteiger partial charge is 0.120 e. The lowest BCUT2D eigenvalue weighted by Gasteiger charge is -2.03. The molecule has 2 N–H and O–H groups in total. The van der Waals surface area contributed by atoms with E-state index in [1.165, 1.54) is 11.3 Å². The second kappa shape index (κ2) is 3.80. The molecule has 0 aliphatic heterocycles. The summed E-state index contributed by atoms with van der Waals surface area (Å²) < 4.78 is 0. The minimum absolute atomic E-state index is 0.302. The molecule has 0 aliphatic carbocycles. The van der Waals surface area contributed by atoms with Crippen LogP contribution in [-0.4, -0.2) is 21.8 Å². The van der Waals surface area contributed by atoms with Gasteiger partial charge in [-0.15, -0.1) is 11.3 Å². The Morgan fingerprint density at radius 3 is 2.92 bits per heavy atom. The van der Waals surface area contributed by atoms with Crippen molar-refractivity contribution in [3.05, 3.63) is 22.2 Å². The molecule has 0 aromatic carbocycles. The van der Waals surface area contributed by atoms with Crippen molar-refractivity contribution in [1.82, 2.24) is 4.98 Å². The normalized spacial score (nSPS) is 12.9. The lowest BCUT2D eigenvalue weighted by Crippen LogP contribution is -2.04. The lowest BCUT2D eigenvalue weighted by atomic mass is 10.2. The third-order valence-corrected chi connectivity index (χ3v) is 2.44. The van der Waals surface area contributed by atoms with Crippen molar-refractivity contribution in [2.24, 2.45) is 0 Å². The van der Waals surface area contributed by atoms with Crippen LogP contribution in [-0.2, 0) is 0 Å². The van der Waals surface area contributed by atoms with E-state index in [0.29, 0.717) is 5.69 Å². The molecule has 0 saturated heterocycles. The predicted octanol–water partition coefficient (Wildman–Crippen LogP) is 1.12. The van der Waals surface area contributed by atoms with Gasteiger partial charge in [-0.2, -0.15) is 0 Å². The van der Waals surface area contributed by atoms with E-state index < -0.39 is 6.10 Å². The number of aliphatic hydroxyl groups excluding tert-OH is 2. The second-order valence-electron chi connectivity index (χ2n) is 2.38. The molecule has 1 aromatic heterocycles. The maximum Gasteiger partial charge on any atom is 0.120 e. The Labute approximate surface area is 75.0 Å². The van der Waals surface area contributed by atoms with Gasteiger partial charge in [0.05, 0.1) is 22.2 Å². The minimum Gasteiger partial charge on any atom is -0.393 e. The zero-order valence-corrected chi connectivity index (χ0v) is 7.64. The van der Waals surface area contributed by atoms with Crippen molar-refractivity contribution >= 4 is 17.4 Å². The van der Waals surface area contributed by atoms with E-state index in [4.69, 9.17) is 5.11 Å². The van der Waals surface area contributed by atoms with Crippen LogP contribution in [0, 0.1) is 6.92 Å². The summed E-state index contributed by atoms with van der Waals surface area (Å²) in [6.45, 7) is 5.15. The van der Waals surface area contributed by atoms with E-state index in [0.717, 1.165) is 9.88 Å². The molecule has 1 heterocycles. The molecule has 66 valence electrons. The first-order valence-electron chi connectivity index (χ1n) is 3.57. The van der Waals surface area contributed by atoms with Crippen molar-refractivity contribution in [2.45, 2.75) is 13.0 Å². The standard InChI is InChI=1S/C8H11NO2S/c1-3-7-8(6(11)4-10)9-5(2)12-7/h3,6,10-11H,1,4H2,2H3. The highest BCUT2D eigenvalue weighted by atomic mass is 32.1. The average molecular weight is 185 g/mol. The number of aryl methyl sites for hydroxylation is 1. The third kappa shape index (κ3) is 1.72. The van der Waals surface area contributed by atoms with Gasteiger partial charge in [0.15, 0.2) is 0 Å². The van der Waals surface area contributed by atoms with Crippen molar-refractivity contribution in [3.8, 4) is 0 Å². The SMILES string of the molecule is C=Cc1sc(C)nc1C(O)CO. The Morgan fingerprint density at radius 1 is 1.75 bits per heavy atom. The Kier molecular flexibility index (Phi) is 2.97. The van der Waals surface area contributed by atoms with Gasteiger partial charge in [-0.25, -0.2) is 4.98 Å². The molecular weight excluding hydrogens is 174 g/mol. The van der Waals surface area contributed by atoms with Gasteiger partial charge in [-0.3, -0.25) is 0 Å². The minimum atomic E-state index is -0.886. The van der Waals surface area contributed by atoms with Gasteiger partial charge in [0.1, 0.15) is 6.10 Å². The topological polar surface area (TPSA) is 53.4 Å². The molecule has 0 spiro atoms. The fourth-order valence-electron chi connectivity index (χ4n) is 0.930. The van der Waals surface area contributed by atoms with Crippen LogP contribution in [0.15, 0.2) is 6.58 Å². The Balaban J connectivity index is 3.03. The summed E-state index contributed by atoms with van der Waals surface area (Å²) in [4.78, 5) is 4.92. The van der Waals surface area contributed by atoms with Crippen LogP contribution in [0.1, 0.15) is 21.7 Å². The van der Waals surface area contributed by atoms with Crippen LogP contribution in [0.5, 0.6) is 0 Å². The molecule has 1 aromatic rings. The first kappa shape index (κ1) is 9.38. The van der Waals surface area contributed by atoms with Crippen molar-refractivity contribution in [1.29, 1.82) is 0 Å². The Hall–Kier alpha value is -0.710. The van der Waals surface area contributed by atoms with Crippen molar-refractivity contribution in [2.75, 3.05) is 6.61 Å². The van der Waals surface area contributed by atoms with Crippen LogP contribution in [0.2, 0.25) is 0 Å². The molecule has 0 saturated carbocycles. The van der Waals surface area contributed by atoms with Gasteiger partial charge < -0.3 is 10.2 Å². The largest absolute Gasteiger partial charge is 0.393 e. The van der Waals surface area contributed by atoms with E-state index in [1.807, 2.05) is 6.92 Å². The predicted molar refractivity (Wildman–Crippen MR) is 49.0 cm³/mol. The molecule has 1 rings (SSSR count). The van der Waals surface area contributed by atoms with Crippen LogP contribution in [0.3, 0.4) is 0 Å². The zero-order chi connectivity index (χ0) is 9.14. The summed E-state index contributed by atoms with van der Waals surface area (Å²) in [5.41, 5.74) is 0.523. The lowest BCUT2D eigenvalue weighted by molar-refractivity contribution is 0.0925. The van der Waals surface area contributed by atoms with Gasteiger partial charge in [0.2, 0.25) is 0 Å². The van der Waals surface area contributed by atoms with E-state index in [2.05, 4.69) is 11.6 Å². The second-order valence-corrected chi connectivity index (χ2v) is 3.62. The quantitative estimate of drug-likeness (QED) is 0.742. The first-order chi connectivity index (χ1) is 5.69. The molecule has 12 heavy (non-hydrogen) atoms. The number of hydrogen-bond donors (Lipinski definition) is 2. The van der Waals surface area contributed by atoms with Gasteiger partial charge in [0, 0.05) is 0 Å².